The molecule has 106 valence electrons. The van der Waals surface area contributed by atoms with Gasteiger partial charge in [0.1, 0.15) is 5.82 Å². The van der Waals surface area contributed by atoms with Crippen molar-refractivity contribution in [1.82, 2.24) is 5.32 Å². The van der Waals surface area contributed by atoms with Crippen LogP contribution in [0.2, 0.25) is 0 Å². The van der Waals surface area contributed by atoms with Crippen LogP contribution < -0.4 is 10.6 Å². The van der Waals surface area contributed by atoms with Gasteiger partial charge in [-0.1, -0.05) is 19.3 Å². The molecule has 20 heavy (non-hydrogen) atoms. The first-order chi connectivity index (χ1) is 9.47. The lowest BCUT2D eigenvalue weighted by Crippen LogP contribution is -2.37. The third-order valence-electron chi connectivity index (χ3n) is 2.55. The summed E-state index contributed by atoms with van der Waals surface area (Å²) >= 11 is 0. The van der Waals surface area contributed by atoms with E-state index in [1.165, 1.54) is 0 Å². The van der Waals surface area contributed by atoms with Crippen LogP contribution in [0.5, 0.6) is 0 Å². The van der Waals surface area contributed by atoms with Crippen molar-refractivity contribution >= 4 is 17.7 Å². The van der Waals surface area contributed by atoms with Gasteiger partial charge in [-0.15, -0.1) is 6.42 Å². The largest absolute Gasteiger partial charge is 0.478 e. The van der Waals surface area contributed by atoms with E-state index in [0.29, 0.717) is 6.42 Å². The minimum absolute atomic E-state index is 0.122. The van der Waals surface area contributed by atoms with Gasteiger partial charge in [0, 0.05) is 0 Å². The number of carbonyl (C=O) groups is 2. The summed E-state index contributed by atoms with van der Waals surface area (Å²) in [6.45, 7) is 1.92. The molecule has 0 heterocycles. The van der Waals surface area contributed by atoms with E-state index >= 15 is 0 Å². The zero-order chi connectivity index (χ0) is 15.1. The van der Waals surface area contributed by atoms with Crippen LogP contribution >= 0.6 is 0 Å². The number of hydrogen-bond acceptors (Lipinski definition) is 2. The summed E-state index contributed by atoms with van der Waals surface area (Å²) in [7, 11) is 0. The van der Waals surface area contributed by atoms with E-state index in [4.69, 9.17) is 11.5 Å². The molecule has 0 spiro atoms. The maximum atomic E-state index is 13.5. The minimum Gasteiger partial charge on any atom is -0.478 e. The van der Waals surface area contributed by atoms with E-state index in [1.807, 2.05) is 6.92 Å². The molecule has 5 nitrogen and oxygen atoms in total. The van der Waals surface area contributed by atoms with Gasteiger partial charge in [-0.3, -0.25) is 0 Å². The van der Waals surface area contributed by atoms with E-state index in [-0.39, 0.29) is 11.3 Å². The summed E-state index contributed by atoms with van der Waals surface area (Å²) in [6, 6.07) is 2.00. The summed E-state index contributed by atoms with van der Waals surface area (Å²) in [6.07, 6.45) is 6.64. The normalized spacial score (nSPS) is 11.2. The zero-order valence-corrected chi connectivity index (χ0v) is 10.9. The lowest BCUT2D eigenvalue weighted by molar-refractivity contribution is 0.0697. The zero-order valence-electron chi connectivity index (χ0n) is 10.9. The van der Waals surface area contributed by atoms with Crippen molar-refractivity contribution in [3.63, 3.8) is 0 Å². The summed E-state index contributed by atoms with van der Waals surface area (Å²) in [4.78, 5) is 22.4. The fourth-order valence-corrected chi connectivity index (χ4v) is 1.56. The van der Waals surface area contributed by atoms with Crippen LogP contribution in [0.3, 0.4) is 0 Å². The molecule has 0 radical (unpaired) electrons. The van der Waals surface area contributed by atoms with Crippen molar-refractivity contribution in [2.24, 2.45) is 0 Å². The molecule has 0 bridgehead atoms. The summed E-state index contributed by atoms with van der Waals surface area (Å²) < 4.78 is 13.5. The highest BCUT2D eigenvalue weighted by Crippen LogP contribution is 2.16. The van der Waals surface area contributed by atoms with Crippen LogP contribution in [0.15, 0.2) is 18.2 Å². The Hall–Kier alpha value is -2.55. The van der Waals surface area contributed by atoms with Crippen molar-refractivity contribution in [3.05, 3.63) is 29.6 Å². The molecule has 2 amide bonds. The maximum absolute atomic E-state index is 13.5. The molecule has 3 N–H and O–H groups in total. The number of terminal acetylenes is 1. The number of benzene rings is 1. The average molecular weight is 278 g/mol. The Morgan fingerprint density at radius 1 is 1.50 bits per heavy atom. The Morgan fingerprint density at radius 3 is 2.75 bits per heavy atom. The van der Waals surface area contributed by atoms with Gasteiger partial charge in [0.05, 0.1) is 17.3 Å². The topological polar surface area (TPSA) is 78.4 Å². The second-order valence-corrected chi connectivity index (χ2v) is 4.11. The first kappa shape index (κ1) is 15.5. The molecule has 6 heteroatoms. The van der Waals surface area contributed by atoms with Crippen LogP contribution in [0.25, 0.3) is 0 Å². The van der Waals surface area contributed by atoms with E-state index in [9.17, 15) is 14.0 Å². The number of nitrogens with one attached hydrogen (secondary N) is 2. The van der Waals surface area contributed by atoms with Crippen molar-refractivity contribution in [2.45, 2.75) is 25.8 Å². The van der Waals surface area contributed by atoms with Gasteiger partial charge in [-0.2, -0.15) is 0 Å². The van der Waals surface area contributed by atoms with Gasteiger partial charge in [0.2, 0.25) is 0 Å². The third-order valence-corrected chi connectivity index (χ3v) is 2.55. The average Bonchev–Trinajstić information content (AvgIpc) is 2.40. The number of halogens is 1. The van der Waals surface area contributed by atoms with E-state index < -0.39 is 23.9 Å². The Bertz CT molecular complexity index is 552. The lowest BCUT2D eigenvalue weighted by Gasteiger charge is -2.13. The Labute approximate surface area is 116 Å². The van der Waals surface area contributed by atoms with Crippen LogP contribution in [-0.4, -0.2) is 23.1 Å². The van der Waals surface area contributed by atoms with Crippen LogP contribution in [0, 0.1) is 18.2 Å². The molecule has 0 aliphatic carbocycles. The molecule has 0 fully saturated rings. The fourth-order valence-electron chi connectivity index (χ4n) is 1.56. The number of carboxylic acid groups (broad SMARTS) is 1. The fraction of sp³-hybridized carbons (Fsp3) is 0.286. The van der Waals surface area contributed by atoms with Gasteiger partial charge in [0.15, 0.2) is 0 Å². The molecule has 0 aliphatic rings. The van der Waals surface area contributed by atoms with Crippen molar-refractivity contribution in [3.8, 4) is 12.3 Å². The van der Waals surface area contributed by atoms with Crippen LogP contribution in [0.4, 0.5) is 14.9 Å². The lowest BCUT2D eigenvalue weighted by atomic mass is 10.2. The predicted molar refractivity (Wildman–Crippen MR) is 73.0 cm³/mol. The van der Waals surface area contributed by atoms with Crippen molar-refractivity contribution in [1.29, 1.82) is 0 Å². The van der Waals surface area contributed by atoms with Crippen LogP contribution in [0.1, 0.15) is 30.1 Å². The number of carbonyl (C=O) groups excluding carboxylic acids is 1. The first-order valence-corrected chi connectivity index (χ1v) is 6.04. The van der Waals surface area contributed by atoms with Gasteiger partial charge < -0.3 is 15.7 Å². The number of amides is 2. The number of anilines is 1. The monoisotopic (exact) mass is 278 g/mol. The number of aromatic carboxylic acids is 1. The highest BCUT2D eigenvalue weighted by atomic mass is 19.1. The molecule has 0 aromatic heterocycles. The molecule has 1 unspecified atom stereocenters. The summed E-state index contributed by atoms with van der Waals surface area (Å²) in [5.74, 6) is 0.472. The smallest absolute Gasteiger partial charge is 0.335 e. The quantitative estimate of drug-likeness (QED) is 0.724. The predicted octanol–water partition coefficient (Wildman–Crippen LogP) is 2.45. The molecule has 0 saturated heterocycles. The van der Waals surface area contributed by atoms with Gasteiger partial charge in [-0.25, -0.2) is 14.0 Å². The molecular weight excluding hydrogens is 263 g/mol. The highest BCUT2D eigenvalue weighted by molar-refractivity contribution is 5.93. The van der Waals surface area contributed by atoms with Gasteiger partial charge >= 0.3 is 12.0 Å². The number of urea groups is 1. The van der Waals surface area contributed by atoms with Crippen molar-refractivity contribution in [2.75, 3.05) is 5.32 Å². The van der Waals surface area contributed by atoms with Gasteiger partial charge in [0.25, 0.3) is 0 Å². The van der Waals surface area contributed by atoms with E-state index in [0.717, 1.165) is 24.6 Å². The highest BCUT2D eigenvalue weighted by Gasteiger charge is 2.13. The SMILES string of the molecule is C#CC(CCC)NC(=O)Nc1cc(C(=O)O)ccc1F. The third kappa shape index (κ3) is 4.28. The molecular formula is C14H15FN2O3. The number of hydrogen-bond donors (Lipinski definition) is 3. The molecule has 0 aliphatic heterocycles. The maximum Gasteiger partial charge on any atom is 0.335 e. The second-order valence-electron chi connectivity index (χ2n) is 4.11. The number of carboxylic acids is 1. The first-order valence-electron chi connectivity index (χ1n) is 6.04. The number of rotatable bonds is 5. The molecule has 0 saturated carbocycles. The van der Waals surface area contributed by atoms with E-state index in [2.05, 4.69) is 16.6 Å². The minimum atomic E-state index is -1.21. The van der Waals surface area contributed by atoms with Gasteiger partial charge in [-0.05, 0) is 24.6 Å². The van der Waals surface area contributed by atoms with Crippen LogP contribution in [-0.2, 0) is 0 Å². The molecule has 1 atom stereocenters. The molecule has 1 aromatic rings. The summed E-state index contributed by atoms with van der Waals surface area (Å²) in [5.41, 5.74) is -0.335. The molecule has 1 aromatic carbocycles. The Kier molecular flexibility index (Phi) is 5.54. The van der Waals surface area contributed by atoms with E-state index in [1.54, 1.807) is 0 Å². The second kappa shape index (κ2) is 7.14. The Morgan fingerprint density at radius 2 is 2.20 bits per heavy atom. The molecule has 1 rings (SSSR count). The van der Waals surface area contributed by atoms with Crippen molar-refractivity contribution < 1.29 is 19.1 Å². The standard InChI is InChI=1S/C14H15FN2O3/c1-3-5-10(4-2)16-14(20)17-12-8-9(13(18)19)6-7-11(12)15/h2,6-8,10H,3,5H2,1H3,(H,18,19)(H2,16,17,20). The Balaban J connectivity index is 2.77. The summed E-state index contributed by atoms with van der Waals surface area (Å²) in [5, 5.41) is 13.5.